The number of nitrogens with zero attached hydrogens (tertiary/aromatic N) is 1. The third-order valence-corrected chi connectivity index (χ3v) is 5.17. The highest BCUT2D eigenvalue weighted by molar-refractivity contribution is 5.92. The molecule has 3 unspecified atom stereocenters. The SMILES string of the molecule is C=CCN(C(=O)C(CO)NC(=O)OC(C)(C)C)C(C(=O)NC(C)CCC)c1ccc(C)cc1C. The molecule has 8 heteroatoms. The number of hydrogen-bond donors (Lipinski definition) is 3. The summed E-state index contributed by atoms with van der Waals surface area (Å²) in [5, 5.41) is 15.3. The summed E-state index contributed by atoms with van der Waals surface area (Å²) in [4.78, 5) is 40.6. The zero-order valence-electron chi connectivity index (χ0n) is 21.6. The zero-order chi connectivity index (χ0) is 26.1. The standard InChI is InChI=1S/C26H41N3O5/c1-9-11-19(5)27-23(31)22(20-13-12-17(3)15-18(20)4)29(14-10-2)24(32)21(16-30)28-25(33)34-26(6,7)8/h10,12-13,15,19,21-22,30H,2,9,11,14,16H2,1,3-8H3,(H,27,31)(H,28,33). The molecule has 0 bridgehead atoms. The fourth-order valence-corrected chi connectivity index (χ4v) is 3.71. The van der Waals surface area contributed by atoms with Crippen LogP contribution in [-0.2, 0) is 14.3 Å². The molecule has 1 rings (SSSR count). The van der Waals surface area contributed by atoms with Gasteiger partial charge in [-0.2, -0.15) is 0 Å². The van der Waals surface area contributed by atoms with E-state index in [1.807, 2.05) is 45.9 Å². The lowest BCUT2D eigenvalue weighted by molar-refractivity contribution is -0.142. The fourth-order valence-electron chi connectivity index (χ4n) is 3.71. The van der Waals surface area contributed by atoms with Crippen molar-refractivity contribution in [3.8, 4) is 0 Å². The third kappa shape index (κ3) is 8.82. The summed E-state index contributed by atoms with van der Waals surface area (Å²) in [5.74, 6) is -0.950. The topological polar surface area (TPSA) is 108 Å². The van der Waals surface area contributed by atoms with Crippen molar-refractivity contribution in [3.05, 3.63) is 47.5 Å². The average Bonchev–Trinajstić information content (AvgIpc) is 2.71. The Bertz CT molecular complexity index is 862. The van der Waals surface area contributed by atoms with Gasteiger partial charge >= 0.3 is 6.09 Å². The van der Waals surface area contributed by atoms with E-state index in [0.717, 1.165) is 24.0 Å². The van der Waals surface area contributed by atoms with Gasteiger partial charge in [0, 0.05) is 12.6 Å². The summed E-state index contributed by atoms with van der Waals surface area (Å²) in [5.41, 5.74) is 1.77. The lowest BCUT2D eigenvalue weighted by Gasteiger charge is -2.34. The average molecular weight is 476 g/mol. The Morgan fingerprint density at radius 2 is 1.85 bits per heavy atom. The highest BCUT2D eigenvalue weighted by atomic mass is 16.6. The molecular formula is C26H41N3O5. The number of rotatable bonds is 11. The number of aliphatic hydroxyl groups is 1. The largest absolute Gasteiger partial charge is 0.444 e. The number of ether oxygens (including phenoxy) is 1. The van der Waals surface area contributed by atoms with Crippen molar-refractivity contribution in [3.63, 3.8) is 0 Å². The van der Waals surface area contributed by atoms with Gasteiger partial charge in [0.1, 0.15) is 17.7 Å². The molecule has 0 saturated carbocycles. The van der Waals surface area contributed by atoms with Gasteiger partial charge in [-0.05, 0) is 59.1 Å². The molecule has 0 heterocycles. The molecule has 34 heavy (non-hydrogen) atoms. The van der Waals surface area contributed by atoms with E-state index in [9.17, 15) is 19.5 Å². The number of hydrogen-bond acceptors (Lipinski definition) is 5. The van der Waals surface area contributed by atoms with Crippen molar-refractivity contribution in [2.45, 2.75) is 85.0 Å². The first-order valence-corrected chi connectivity index (χ1v) is 11.7. The second-order valence-corrected chi connectivity index (χ2v) is 9.62. The summed E-state index contributed by atoms with van der Waals surface area (Å²) < 4.78 is 5.23. The Kier molecular flexibility index (Phi) is 11.3. The van der Waals surface area contributed by atoms with Crippen LogP contribution in [0, 0.1) is 13.8 Å². The Morgan fingerprint density at radius 1 is 1.21 bits per heavy atom. The van der Waals surface area contributed by atoms with E-state index in [0.29, 0.717) is 5.56 Å². The molecule has 0 spiro atoms. The van der Waals surface area contributed by atoms with Crippen LogP contribution in [0.5, 0.6) is 0 Å². The van der Waals surface area contributed by atoms with Crippen molar-refractivity contribution < 1.29 is 24.2 Å². The van der Waals surface area contributed by atoms with Gasteiger partial charge in [-0.3, -0.25) is 9.59 Å². The number of carbonyl (C=O) groups is 3. The predicted octanol–water partition coefficient (Wildman–Crippen LogP) is 3.55. The maximum absolute atomic E-state index is 13.5. The molecule has 0 radical (unpaired) electrons. The first-order valence-electron chi connectivity index (χ1n) is 11.7. The van der Waals surface area contributed by atoms with Gasteiger partial charge in [-0.25, -0.2) is 4.79 Å². The van der Waals surface area contributed by atoms with Crippen LogP contribution >= 0.6 is 0 Å². The van der Waals surface area contributed by atoms with E-state index in [-0.39, 0.29) is 18.5 Å². The summed E-state index contributed by atoms with van der Waals surface area (Å²) in [6.45, 7) is 16.0. The smallest absolute Gasteiger partial charge is 0.408 e. The first-order chi connectivity index (χ1) is 15.8. The van der Waals surface area contributed by atoms with E-state index in [4.69, 9.17) is 4.74 Å². The predicted molar refractivity (Wildman–Crippen MR) is 133 cm³/mol. The molecular weight excluding hydrogens is 434 g/mol. The van der Waals surface area contributed by atoms with E-state index >= 15 is 0 Å². The monoisotopic (exact) mass is 475 g/mol. The Balaban J connectivity index is 3.41. The van der Waals surface area contributed by atoms with E-state index in [2.05, 4.69) is 17.2 Å². The van der Waals surface area contributed by atoms with Crippen LogP contribution < -0.4 is 10.6 Å². The molecule has 3 N–H and O–H groups in total. The number of amides is 3. The summed E-state index contributed by atoms with van der Waals surface area (Å²) in [6.07, 6.45) is 2.37. The second-order valence-electron chi connectivity index (χ2n) is 9.62. The molecule has 0 aliphatic carbocycles. The molecule has 0 aromatic heterocycles. The normalized spacial score (nSPS) is 13.9. The van der Waals surface area contributed by atoms with E-state index in [1.165, 1.54) is 11.0 Å². The maximum atomic E-state index is 13.5. The van der Waals surface area contributed by atoms with Crippen molar-refractivity contribution in [1.82, 2.24) is 15.5 Å². The van der Waals surface area contributed by atoms with Gasteiger partial charge in [0.05, 0.1) is 6.61 Å². The fraction of sp³-hybridized carbons (Fsp3) is 0.577. The van der Waals surface area contributed by atoms with Crippen LogP contribution in [-0.4, -0.2) is 58.8 Å². The van der Waals surface area contributed by atoms with Gasteiger partial charge in [-0.15, -0.1) is 6.58 Å². The van der Waals surface area contributed by atoms with E-state index < -0.39 is 36.3 Å². The van der Waals surface area contributed by atoms with E-state index in [1.54, 1.807) is 20.8 Å². The molecule has 0 fully saturated rings. The molecule has 0 aliphatic rings. The van der Waals surface area contributed by atoms with Crippen molar-refractivity contribution in [1.29, 1.82) is 0 Å². The van der Waals surface area contributed by atoms with Gasteiger partial charge in [0.15, 0.2) is 0 Å². The molecule has 1 aromatic carbocycles. The van der Waals surface area contributed by atoms with Gasteiger partial charge < -0.3 is 25.4 Å². The molecule has 190 valence electrons. The Labute approximate surface area is 203 Å². The number of benzene rings is 1. The highest BCUT2D eigenvalue weighted by Crippen LogP contribution is 2.27. The lowest BCUT2D eigenvalue weighted by atomic mass is 9.96. The zero-order valence-corrected chi connectivity index (χ0v) is 21.6. The number of nitrogens with one attached hydrogen (secondary N) is 2. The third-order valence-electron chi connectivity index (χ3n) is 5.17. The Hall–Kier alpha value is -2.87. The number of aryl methyl sites for hydroxylation is 2. The molecule has 8 nitrogen and oxygen atoms in total. The lowest BCUT2D eigenvalue weighted by Crippen LogP contribution is -2.55. The minimum atomic E-state index is -1.29. The van der Waals surface area contributed by atoms with Crippen LogP contribution in [0.4, 0.5) is 4.79 Å². The van der Waals surface area contributed by atoms with Crippen LogP contribution in [0.1, 0.15) is 70.2 Å². The maximum Gasteiger partial charge on any atom is 0.408 e. The van der Waals surface area contributed by atoms with Gasteiger partial charge in [0.2, 0.25) is 11.8 Å². The molecule has 0 aliphatic heterocycles. The van der Waals surface area contributed by atoms with Crippen molar-refractivity contribution in [2.75, 3.05) is 13.2 Å². The minimum absolute atomic E-state index is 0.0406. The molecule has 3 atom stereocenters. The van der Waals surface area contributed by atoms with Crippen LogP contribution in [0.2, 0.25) is 0 Å². The summed E-state index contributed by atoms with van der Waals surface area (Å²) in [6, 6.07) is 3.32. The first kappa shape index (κ1) is 29.2. The van der Waals surface area contributed by atoms with Crippen molar-refractivity contribution in [2.24, 2.45) is 0 Å². The van der Waals surface area contributed by atoms with Crippen LogP contribution in [0.3, 0.4) is 0 Å². The molecule has 0 saturated heterocycles. The molecule has 1 aromatic rings. The summed E-state index contributed by atoms with van der Waals surface area (Å²) in [7, 11) is 0. The van der Waals surface area contributed by atoms with Gasteiger partial charge in [-0.1, -0.05) is 43.2 Å². The van der Waals surface area contributed by atoms with Gasteiger partial charge in [0.25, 0.3) is 0 Å². The second kappa shape index (κ2) is 13.1. The number of carbonyl (C=O) groups excluding carboxylic acids is 3. The van der Waals surface area contributed by atoms with Crippen LogP contribution in [0.25, 0.3) is 0 Å². The molecule has 3 amide bonds. The highest BCUT2D eigenvalue weighted by Gasteiger charge is 2.36. The van der Waals surface area contributed by atoms with Crippen molar-refractivity contribution >= 4 is 17.9 Å². The number of alkyl carbamates (subject to hydrolysis) is 1. The quantitative estimate of drug-likeness (QED) is 0.424. The summed E-state index contributed by atoms with van der Waals surface area (Å²) >= 11 is 0. The number of aliphatic hydroxyl groups excluding tert-OH is 1. The Morgan fingerprint density at radius 3 is 2.35 bits per heavy atom. The minimum Gasteiger partial charge on any atom is -0.444 e. The van der Waals surface area contributed by atoms with Crippen LogP contribution in [0.15, 0.2) is 30.9 Å².